The third-order valence-electron chi connectivity index (χ3n) is 3.82. The van der Waals surface area contributed by atoms with Crippen LogP contribution in [0.15, 0.2) is 30.3 Å². The van der Waals surface area contributed by atoms with Gasteiger partial charge in [0, 0.05) is 13.1 Å². The second kappa shape index (κ2) is 6.52. The molecule has 0 bridgehead atoms. The lowest BCUT2D eigenvalue weighted by Crippen LogP contribution is -2.47. The van der Waals surface area contributed by atoms with E-state index in [9.17, 15) is 9.59 Å². The summed E-state index contributed by atoms with van der Waals surface area (Å²) < 4.78 is 0. The van der Waals surface area contributed by atoms with Crippen molar-refractivity contribution in [2.24, 2.45) is 17.4 Å². The summed E-state index contributed by atoms with van der Waals surface area (Å²) in [5.41, 5.74) is 12.2. The molecule has 108 valence electrons. The van der Waals surface area contributed by atoms with Gasteiger partial charge in [-0.1, -0.05) is 30.3 Å². The Morgan fingerprint density at radius 1 is 1.30 bits per heavy atom. The van der Waals surface area contributed by atoms with Gasteiger partial charge in [0.25, 0.3) is 0 Å². The number of rotatable bonds is 5. The molecule has 1 aromatic carbocycles. The quantitative estimate of drug-likeness (QED) is 0.809. The van der Waals surface area contributed by atoms with E-state index in [0.29, 0.717) is 19.4 Å². The molecule has 1 aliphatic rings. The standard InChI is InChI=1S/C15H21N3O2/c16-10-12(9-11-5-2-1-3-6-11)15(20)18-8-4-7-13(18)14(17)19/h1-3,5-6,12-13H,4,7-10,16H2,(H2,17,19). The fourth-order valence-corrected chi connectivity index (χ4v) is 2.73. The van der Waals surface area contributed by atoms with Gasteiger partial charge in [-0.15, -0.1) is 0 Å². The normalized spacial score (nSPS) is 19.9. The van der Waals surface area contributed by atoms with Gasteiger partial charge in [-0.3, -0.25) is 9.59 Å². The van der Waals surface area contributed by atoms with E-state index in [1.54, 1.807) is 4.90 Å². The second-order valence-electron chi connectivity index (χ2n) is 5.21. The number of hydrogen-bond donors (Lipinski definition) is 2. The van der Waals surface area contributed by atoms with E-state index >= 15 is 0 Å². The summed E-state index contributed by atoms with van der Waals surface area (Å²) >= 11 is 0. The van der Waals surface area contributed by atoms with Gasteiger partial charge in [-0.25, -0.2) is 0 Å². The van der Waals surface area contributed by atoms with Gasteiger partial charge in [-0.05, 0) is 24.8 Å². The first-order chi connectivity index (χ1) is 9.63. The van der Waals surface area contributed by atoms with Gasteiger partial charge >= 0.3 is 0 Å². The van der Waals surface area contributed by atoms with E-state index in [4.69, 9.17) is 11.5 Å². The largest absolute Gasteiger partial charge is 0.368 e. The van der Waals surface area contributed by atoms with Gasteiger partial charge in [0.05, 0.1) is 5.92 Å². The molecule has 1 aromatic rings. The molecule has 1 saturated heterocycles. The fourth-order valence-electron chi connectivity index (χ4n) is 2.73. The number of benzene rings is 1. The van der Waals surface area contributed by atoms with E-state index in [1.165, 1.54) is 0 Å². The molecule has 0 aliphatic carbocycles. The number of likely N-dealkylation sites (tertiary alicyclic amines) is 1. The molecule has 0 aromatic heterocycles. The Morgan fingerprint density at radius 2 is 2.00 bits per heavy atom. The monoisotopic (exact) mass is 275 g/mol. The molecule has 20 heavy (non-hydrogen) atoms. The van der Waals surface area contributed by atoms with Crippen molar-refractivity contribution in [3.8, 4) is 0 Å². The van der Waals surface area contributed by atoms with Crippen LogP contribution in [0.1, 0.15) is 18.4 Å². The van der Waals surface area contributed by atoms with E-state index in [0.717, 1.165) is 12.0 Å². The minimum absolute atomic E-state index is 0.0577. The zero-order valence-corrected chi connectivity index (χ0v) is 11.5. The van der Waals surface area contributed by atoms with Crippen LogP contribution in [0.5, 0.6) is 0 Å². The van der Waals surface area contributed by atoms with Crippen molar-refractivity contribution in [2.75, 3.05) is 13.1 Å². The smallest absolute Gasteiger partial charge is 0.240 e. The third-order valence-corrected chi connectivity index (χ3v) is 3.82. The van der Waals surface area contributed by atoms with Gasteiger partial charge in [0.15, 0.2) is 0 Å². The van der Waals surface area contributed by atoms with Crippen molar-refractivity contribution in [1.29, 1.82) is 0 Å². The molecule has 0 saturated carbocycles. The lowest BCUT2D eigenvalue weighted by Gasteiger charge is -2.26. The maximum atomic E-state index is 12.5. The number of hydrogen-bond acceptors (Lipinski definition) is 3. The fraction of sp³-hybridized carbons (Fsp3) is 0.467. The van der Waals surface area contributed by atoms with Crippen molar-refractivity contribution in [3.63, 3.8) is 0 Å². The van der Waals surface area contributed by atoms with E-state index in [-0.39, 0.29) is 18.4 Å². The summed E-state index contributed by atoms with van der Waals surface area (Å²) in [6.45, 7) is 0.868. The van der Waals surface area contributed by atoms with Gasteiger partial charge in [0.1, 0.15) is 6.04 Å². The average molecular weight is 275 g/mol. The SMILES string of the molecule is NCC(Cc1ccccc1)C(=O)N1CCCC1C(N)=O. The summed E-state index contributed by atoms with van der Waals surface area (Å²) in [4.78, 5) is 25.5. The molecule has 0 spiro atoms. The number of primary amides is 1. The molecule has 5 heteroatoms. The molecule has 1 aliphatic heterocycles. The third kappa shape index (κ3) is 3.17. The van der Waals surface area contributed by atoms with Crippen LogP contribution >= 0.6 is 0 Å². The van der Waals surface area contributed by atoms with Crippen LogP contribution < -0.4 is 11.5 Å². The highest BCUT2D eigenvalue weighted by molar-refractivity contribution is 5.88. The number of nitrogens with zero attached hydrogens (tertiary/aromatic N) is 1. The van der Waals surface area contributed by atoms with Crippen molar-refractivity contribution < 1.29 is 9.59 Å². The van der Waals surface area contributed by atoms with Crippen molar-refractivity contribution in [2.45, 2.75) is 25.3 Å². The first-order valence-electron chi connectivity index (χ1n) is 6.97. The Balaban J connectivity index is 2.07. The number of carbonyl (C=O) groups excluding carboxylic acids is 2. The first kappa shape index (κ1) is 14.5. The van der Waals surface area contributed by atoms with E-state index < -0.39 is 11.9 Å². The molecule has 1 fully saturated rings. The summed E-state index contributed by atoms with van der Waals surface area (Å²) in [5.74, 6) is -0.777. The molecular formula is C15H21N3O2. The zero-order chi connectivity index (χ0) is 14.5. The molecule has 5 nitrogen and oxygen atoms in total. The number of amides is 2. The van der Waals surface area contributed by atoms with Crippen molar-refractivity contribution in [1.82, 2.24) is 4.90 Å². The molecule has 0 radical (unpaired) electrons. The predicted octanol–water partition coefficient (Wildman–Crippen LogP) is 0.280. The molecule has 2 rings (SSSR count). The van der Waals surface area contributed by atoms with Crippen LogP contribution in [-0.2, 0) is 16.0 Å². The summed E-state index contributed by atoms with van der Waals surface area (Å²) in [5, 5.41) is 0. The van der Waals surface area contributed by atoms with Gasteiger partial charge < -0.3 is 16.4 Å². The Kier molecular flexibility index (Phi) is 4.74. The molecule has 1 heterocycles. The minimum atomic E-state index is -0.465. The minimum Gasteiger partial charge on any atom is -0.368 e. The van der Waals surface area contributed by atoms with Gasteiger partial charge in [0.2, 0.25) is 11.8 Å². The van der Waals surface area contributed by atoms with Crippen molar-refractivity contribution >= 4 is 11.8 Å². The highest BCUT2D eigenvalue weighted by Crippen LogP contribution is 2.21. The van der Waals surface area contributed by atoms with Gasteiger partial charge in [-0.2, -0.15) is 0 Å². The molecule has 4 N–H and O–H groups in total. The Bertz CT molecular complexity index is 475. The van der Waals surface area contributed by atoms with Crippen LogP contribution in [-0.4, -0.2) is 35.8 Å². The maximum Gasteiger partial charge on any atom is 0.240 e. The number of nitrogens with two attached hydrogens (primary N) is 2. The summed E-state index contributed by atoms with van der Waals surface area (Å²) in [7, 11) is 0. The van der Waals surface area contributed by atoms with Crippen LogP contribution in [0.3, 0.4) is 0 Å². The van der Waals surface area contributed by atoms with Crippen molar-refractivity contribution in [3.05, 3.63) is 35.9 Å². The topological polar surface area (TPSA) is 89.4 Å². The van der Waals surface area contributed by atoms with Crippen LogP contribution in [0.2, 0.25) is 0 Å². The number of carbonyl (C=O) groups is 2. The van der Waals surface area contributed by atoms with Crippen LogP contribution in [0, 0.1) is 5.92 Å². The van der Waals surface area contributed by atoms with E-state index in [2.05, 4.69) is 0 Å². The van der Waals surface area contributed by atoms with E-state index in [1.807, 2.05) is 30.3 Å². The molecule has 2 unspecified atom stereocenters. The molecule has 2 amide bonds. The first-order valence-corrected chi connectivity index (χ1v) is 6.97. The lowest BCUT2D eigenvalue weighted by molar-refractivity contribution is -0.140. The molecular weight excluding hydrogens is 254 g/mol. The highest BCUT2D eigenvalue weighted by Gasteiger charge is 2.35. The average Bonchev–Trinajstić information content (AvgIpc) is 2.94. The van der Waals surface area contributed by atoms with Crippen LogP contribution in [0.4, 0.5) is 0 Å². The lowest BCUT2D eigenvalue weighted by atomic mass is 9.97. The Morgan fingerprint density at radius 3 is 2.60 bits per heavy atom. The second-order valence-corrected chi connectivity index (χ2v) is 5.21. The Labute approximate surface area is 118 Å². The highest BCUT2D eigenvalue weighted by atomic mass is 16.2. The predicted molar refractivity (Wildman–Crippen MR) is 76.6 cm³/mol. The Hall–Kier alpha value is -1.88. The summed E-state index contributed by atoms with van der Waals surface area (Å²) in [6, 6.07) is 9.31. The van der Waals surface area contributed by atoms with Crippen LogP contribution in [0.25, 0.3) is 0 Å². The maximum absolute atomic E-state index is 12.5. The summed E-state index contributed by atoms with van der Waals surface area (Å²) in [6.07, 6.45) is 2.07. The molecule has 2 atom stereocenters. The zero-order valence-electron chi connectivity index (χ0n) is 11.5.